The molecule has 0 bridgehead atoms. The van der Waals surface area contributed by atoms with Crippen molar-refractivity contribution in [3.8, 4) is 0 Å². The number of anilines is 2. The Morgan fingerprint density at radius 3 is 2.55 bits per heavy atom. The van der Waals surface area contributed by atoms with Crippen molar-refractivity contribution in [3.63, 3.8) is 0 Å². The first-order valence-electron chi connectivity index (χ1n) is 10.1. The van der Waals surface area contributed by atoms with Gasteiger partial charge in [0.2, 0.25) is 5.95 Å². The Hall–Kier alpha value is -2.69. The number of amides is 1. The van der Waals surface area contributed by atoms with E-state index in [1.54, 1.807) is 24.0 Å². The monoisotopic (exact) mass is 451 g/mol. The van der Waals surface area contributed by atoms with Gasteiger partial charge >= 0.3 is 0 Å². The Balaban J connectivity index is 1.42. The number of nitrogens with zero attached hydrogens (tertiary/aromatic N) is 4. The van der Waals surface area contributed by atoms with E-state index in [9.17, 15) is 22.0 Å². The molecular weight excluding hydrogens is 428 g/mol. The van der Waals surface area contributed by atoms with E-state index in [0.29, 0.717) is 35.8 Å². The lowest BCUT2D eigenvalue weighted by molar-refractivity contribution is -0.112. The summed E-state index contributed by atoms with van der Waals surface area (Å²) in [5.41, 5.74) is 1.36. The number of halogens is 2. The van der Waals surface area contributed by atoms with E-state index < -0.39 is 21.9 Å². The Labute approximate surface area is 179 Å². The second kappa shape index (κ2) is 8.10. The maximum atomic E-state index is 13.4. The van der Waals surface area contributed by atoms with E-state index in [-0.39, 0.29) is 43.4 Å². The van der Waals surface area contributed by atoms with Gasteiger partial charge in [0, 0.05) is 49.7 Å². The minimum Gasteiger partial charge on any atom is -0.340 e. The van der Waals surface area contributed by atoms with Crippen molar-refractivity contribution in [1.82, 2.24) is 9.97 Å². The van der Waals surface area contributed by atoms with Crippen LogP contribution in [0.25, 0.3) is 0 Å². The summed E-state index contributed by atoms with van der Waals surface area (Å²) in [6, 6.07) is 1.60. The van der Waals surface area contributed by atoms with Gasteiger partial charge in [-0.3, -0.25) is 4.79 Å². The molecule has 11 heteroatoms. The molecule has 8 nitrogen and oxygen atoms in total. The number of nitrogens with one attached hydrogen (secondary N) is 1. The minimum absolute atomic E-state index is 0.142. The quantitative estimate of drug-likeness (QED) is 0.738. The Morgan fingerprint density at radius 1 is 1.23 bits per heavy atom. The summed E-state index contributed by atoms with van der Waals surface area (Å²) in [6.45, 7) is 2.02. The molecule has 0 spiro atoms. The molecule has 0 radical (unpaired) electrons. The molecule has 0 aromatic carbocycles. The molecule has 166 valence electrons. The lowest BCUT2D eigenvalue weighted by Crippen LogP contribution is -2.40. The highest BCUT2D eigenvalue weighted by Gasteiger charge is 2.36. The molecule has 2 aliphatic carbocycles. The molecule has 1 aromatic heterocycles. The Kier molecular flexibility index (Phi) is 5.63. The van der Waals surface area contributed by atoms with Gasteiger partial charge in [0.1, 0.15) is 5.82 Å². The lowest BCUT2D eigenvalue weighted by Gasteiger charge is -2.31. The molecule has 4 rings (SSSR count). The maximum absolute atomic E-state index is 13.4. The zero-order valence-corrected chi connectivity index (χ0v) is 17.8. The highest BCUT2D eigenvalue weighted by molar-refractivity contribution is 7.91. The van der Waals surface area contributed by atoms with Crippen LogP contribution in [0.15, 0.2) is 34.3 Å². The van der Waals surface area contributed by atoms with Crippen LogP contribution >= 0.6 is 0 Å². The summed E-state index contributed by atoms with van der Waals surface area (Å²) in [6.07, 6.45) is 5.66. The third-order valence-corrected chi connectivity index (χ3v) is 7.10. The number of carbonyl (C=O) groups is 1. The third kappa shape index (κ3) is 5.33. The summed E-state index contributed by atoms with van der Waals surface area (Å²) in [5.74, 6) is -2.50. The van der Waals surface area contributed by atoms with E-state index in [4.69, 9.17) is 0 Å². The number of aryl methyl sites for hydroxylation is 1. The molecule has 1 amide bonds. The normalized spacial score (nSPS) is 22.4. The van der Waals surface area contributed by atoms with E-state index in [1.165, 1.54) is 12.2 Å². The van der Waals surface area contributed by atoms with Crippen molar-refractivity contribution in [2.45, 2.75) is 50.2 Å². The number of hydrogen-bond donors (Lipinski definition) is 1. The van der Waals surface area contributed by atoms with Crippen molar-refractivity contribution in [3.05, 3.63) is 35.6 Å². The molecule has 31 heavy (non-hydrogen) atoms. The van der Waals surface area contributed by atoms with Crippen molar-refractivity contribution >= 4 is 33.4 Å². The molecule has 3 aliphatic rings. The molecule has 0 atom stereocenters. The number of aromatic nitrogens is 2. The van der Waals surface area contributed by atoms with E-state index in [1.807, 2.05) is 0 Å². The summed E-state index contributed by atoms with van der Waals surface area (Å²) < 4.78 is 54.6. The highest BCUT2D eigenvalue weighted by atomic mass is 32.2. The fourth-order valence-electron chi connectivity index (χ4n) is 3.36. The zero-order valence-electron chi connectivity index (χ0n) is 17.0. The highest BCUT2D eigenvalue weighted by Crippen LogP contribution is 2.31. The van der Waals surface area contributed by atoms with E-state index >= 15 is 0 Å². The molecule has 1 saturated heterocycles. The first kappa shape index (κ1) is 21.5. The number of allylic oxidation sites excluding steroid dienone is 2. The Bertz CT molecular complexity index is 1080. The van der Waals surface area contributed by atoms with Gasteiger partial charge in [0.15, 0.2) is 0 Å². The average molecular weight is 451 g/mol. The molecule has 1 N–H and O–H groups in total. The number of alkyl halides is 2. The molecule has 2 fully saturated rings. The summed E-state index contributed by atoms with van der Waals surface area (Å²) in [5, 5.41) is 2.33. The van der Waals surface area contributed by atoms with E-state index in [2.05, 4.69) is 19.7 Å². The lowest BCUT2D eigenvalue weighted by atomic mass is 10.1. The predicted octanol–water partition coefficient (Wildman–Crippen LogP) is 2.78. The molecule has 1 aromatic rings. The zero-order chi connectivity index (χ0) is 22.2. The van der Waals surface area contributed by atoms with Crippen LogP contribution in [-0.2, 0) is 14.8 Å². The number of carbonyl (C=O) groups excluding carboxylic acids is 1. The van der Waals surface area contributed by atoms with Gasteiger partial charge in [-0.1, -0.05) is 6.08 Å². The van der Waals surface area contributed by atoms with Gasteiger partial charge in [-0.25, -0.2) is 22.2 Å². The standard InChI is InChI=1S/C20H23F2N5O3S/c1-13-12-17(25-19(23-13)27-10-8-20(21,22)9-11-27)24-18(28)14-2-4-15(5-3-14)26-31(29,30)16-6-7-16/h2-4,12,16H,5-11H2,1H3,(H,23,24,25,28). The van der Waals surface area contributed by atoms with Crippen molar-refractivity contribution < 1.29 is 22.0 Å². The summed E-state index contributed by atoms with van der Waals surface area (Å²) >= 11 is 0. The molecule has 0 unspecified atom stereocenters. The average Bonchev–Trinajstić information content (AvgIpc) is 3.54. The van der Waals surface area contributed by atoms with Crippen LogP contribution in [-0.4, -0.2) is 54.3 Å². The van der Waals surface area contributed by atoms with Crippen LogP contribution in [0.5, 0.6) is 0 Å². The van der Waals surface area contributed by atoms with Crippen molar-refractivity contribution in [1.29, 1.82) is 0 Å². The van der Waals surface area contributed by atoms with Gasteiger partial charge in [0.05, 0.1) is 11.0 Å². The largest absolute Gasteiger partial charge is 0.340 e. The van der Waals surface area contributed by atoms with Gasteiger partial charge in [-0.05, 0) is 31.9 Å². The van der Waals surface area contributed by atoms with Gasteiger partial charge in [-0.2, -0.15) is 9.38 Å². The number of piperidine rings is 1. The third-order valence-electron chi connectivity index (χ3n) is 5.30. The molecular formula is C20H23F2N5O3S. The Morgan fingerprint density at radius 2 is 1.94 bits per heavy atom. The second-order valence-electron chi connectivity index (χ2n) is 7.99. The van der Waals surface area contributed by atoms with Crippen molar-refractivity contribution in [2.24, 2.45) is 4.40 Å². The fourth-order valence-corrected chi connectivity index (χ4v) is 4.70. The number of hydrogen-bond acceptors (Lipinski definition) is 6. The molecule has 2 heterocycles. The van der Waals surface area contributed by atoms with Gasteiger partial charge in [0.25, 0.3) is 21.9 Å². The second-order valence-corrected chi connectivity index (χ2v) is 9.86. The first-order valence-corrected chi connectivity index (χ1v) is 11.6. The van der Waals surface area contributed by atoms with E-state index in [0.717, 1.165) is 0 Å². The minimum atomic E-state index is -3.46. The summed E-state index contributed by atoms with van der Waals surface area (Å²) in [4.78, 5) is 22.9. The SMILES string of the molecule is Cc1cc(NC(=O)C2=CCC(=NS(=O)(=O)C3CC3)C=C2)nc(N2CCC(F)(F)CC2)n1. The molecule has 1 saturated carbocycles. The molecule has 1 aliphatic heterocycles. The fraction of sp³-hybridized carbons (Fsp3) is 0.500. The number of rotatable bonds is 5. The van der Waals surface area contributed by atoms with Crippen LogP contribution in [0.2, 0.25) is 0 Å². The first-order chi connectivity index (χ1) is 14.6. The van der Waals surface area contributed by atoms with Gasteiger partial charge < -0.3 is 10.2 Å². The predicted molar refractivity (Wildman–Crippen MR) is 113 cm³/mol. The summed E-state index contributed by atoms with van der Waals surface area (Å²) in [7, 11) is -3.46. The topological polar surface area (TPSA) is 105 Å². The maximum Gasteiger partial charge on any atom is 0.256 e. The van der Waals surface area contributed by atoms with Crippen LogP contribution in [0, 0.1) is 6.92 Å². The van der Waals surface area contributed by atoms with Crippen LogP contribution in [0.1, 0.15) is 37.8 Å². The van der Waals surface area contributed by atoms with Crippen LogP contribution in [0.4, 0.5) is 20.5 Å². The van der Waals surface area contributed by atoms with Crippen LogP contribution in [0.3, 0.4) is 0 Å². The number of sulfonamides is 1. The smallest absolute Gasteiger partial charge is 0.256 e. The van der Waals surface area contributed by atoms with Crippen molar-refractivity contribution in [2.75, 3.05) is 23.3 Å². The van der Waals surface area contributed by atoms with Gasteiger partial charge in [-0.15, -0.1) is 0 Å². The van der Waals surface area contributed by atoms with Crippen LogP contribution < -0.4 is 10.2 Å².